The Morgan fingerprint density at radius 2 is 1.85 bits per heavy atom. The molecule has 1 aromatic rings. The predicted octanol–water partition coefficient (Wildman–Crippen LogP) is 4.64. The summed E-state index contributed by atoms with van der Waals surface area (Å²) in [5.41, 5.74) is 0.307. The van der Waals surface area contributed by atoms with Crippen LogP contribution in [0.3, 0.4) is 0 Å². The summed E-state index contributed by atoms with van der Waals surface area (Å²) in [5, 5.41) is 3.45. The van der Waals surface area contributed by atoms with E-state index in [1.807, 2.05) is 18.7 Å². The topological polar surface area (TPSA) is 12.0 Å². The van der Waals surface area contributed by atoms with Crippen molar-refractivity contribution in [1.82, 2.24) is 5.32 Å². The maximum Gasteiger partial charge on any atom is 0.416 e. The molecule has 0 bridgehead atoms. The summed E-state index contributed by atoms with van der Waals surface area (Å²) in [6.07, 6.45) is 1.59. The van der Waals surface area contributed by atoms with Crippen LogP contribution < -0.4 is 5.32 Å². The fourth-order valence-corrected chi connectivity index (χ4v) is 3.37. The highest BCUT2D eigenvalue weighted by Gasteiger charge is 2.36. The summed E-state index contributed by atoms with van der Waals surface area (Å²) in [4.78, 5) is 0. The average molecular weight is 303 g/mol. The van der Waals surface area contributed by atoms with Gasteiger partial charge in [0.25, 0.3) is 0 Å². The zero-order valence-electron chi connectivity index (χ0n) is 11.8. The summed E-state index contributed by atoms with van der Waals surface area (Å²) >= 11 is 1.89. The molecule has 0 amide bonds. The Morgan fingerprint density at radius 1 is 1.25 bits per heavy atom. The number of alkyl halides is 3. The van der Waals surface area contributed by atoms with Gasteiger partial charge in [0.05, 0.1) is 5.56 Å². The lowest BCUT2D eigenvalue weighted by atomic mass is 9.84. The zero-order chi connectivity index (χ0) is 14.8. The minimum atomic E-state index is -4.26. The summed E-state index contributed by atoms with van der Waals surface area (Å²) in [7, 11) is 0. The molecule has 5 heteroatoms. The Hall–Kier alpha value is -0.680. The van der Waals surface area contributed by atoms with E-state index in [2.05, 4.69) is 11.6 Å². The minimum Gasteiger partial charge on any atom is -0.309 e. The third-order valence-electron chi connectivity index (χ3n) is 4.17. The third-order valence-corrected chi connectivity index (χ3v) is 5.58. The van der Waals surface area contributed by atoms with E-state index in [4.69, 9.17) is 0 Å². The summed E-state index contributed by atoms with van der Waals surface area (Å²) < 4.78 is 37.9. The van der Waals surface area contributed by atoms with E-state index < -0.39 is 11.7 Å². The van der Waals surface area contributed by atoms with E-state index in [1.54, 1.807) is 12.1 Å². The lowest BCUT2D eigenvalue weighted by Crippen LogP contribution is -2.43. The Balaban J connectivity index is 1.94. The van der Waals surface area contributed by atoms with Gasteiger partial charge in [0.2, 0.25) is 0 Å². The monoisotopic (exact) mass is 303 g/mol. The zero-order valence-corrected chi connectivity index (χ0v) is 12.6. The van der Waals surface area contributed by atoms with Crippen molar-refractivity contribution in [1.29, 1.82) is 0 Å². The average Bonchev–Trinajstić information content (AvgIpc) is 2.37. The molecule has 0 saturated heterocycles. The van der Waals surface area contributed by atoms with Gasteiger partial charge in [-0.1, -0.05) is 18.6 Å². The summed E-state index contributed by atoms with van der Waals surface area (Å²) in [6.45, 7) is 2.91. The molecule has 1 nitrogen and oxygen atoms in total. The number of rotatable bonds is 5. The lowest BCUT2D eigenvalue weighted by molar-refractivity contribution is -0.137. The normalized spacial score (nSPS) is 19.4. The van der Waals surface area contributed by atoms with Gasteiger partial charge in [-0.3, -0.25) is 0 Å². The van der Waals surface area contributed by atoms with Crippen molar-refractivity contribution < 1.29 is 13.2 Å². The molecular formula is C15H20F3NS. The molecule has 0 aliphatic heterocycles. The molecule has 0 aromatic heterocycles. The molecule has 20 heavy (non-hydrogen) atoms. The van der Waals surface area contributed by atoms with Crippen LogP contribution in [-0.2, 0) is 6.18 Å². The first-order valence-electron chi connectivity index (χ1n) is 6.82. The molecule has 1 aliphatic carbocycles. The second-order valence-corrected chi connectivity index (χ2v) is 6.74. The largest absolute Gasteiger partial charge is 0.416 e. The second kappa shape index (κ2) is 5.98. The number of benzene rings is 1. The summed E-state index contributed by atoms with van der Waals surface area (Å²) in [5.74, 6) is 0. The van der Waals surface area contributed by atoms with Crippen LogP contribution in [0.1, 0.15) is 43.4 Å². The highest BCUT2D eigenvalue weighted by Crippen LogP contribution is 2.42. The first kappa shape index (κ1) is 15.7. The van der Waals surface area contributed by atoms with Crippen molar-refractivity contribution in [2.45, 2.75) is 43.2 Å². The van der Waals surface area contributed by atoms with E-state index in [-0.39, 0.29) is 6.04 Å². The van der Waals surface area contributed by atoms with E-state index in [0.29, 0.717) is 4.75 Å². The predicted molar refractivity (Wildman–Crippen MR) is 78.0 cm³/mol. The van der Waals surface area contributed by atoms with Gasteiger partial charge >= 0.3 is 6.18 Å². The van der Waals surface area contributed by atoms with Gasteiger partial charge in [-0.2, -0.15) is 24.9 Å². The molecule has 2 rings (SSSR count). The first-order chi connectivity index (χ1) is 9.36. The van der Waals surface area contributed by atoms with Gasteiger partial charge in [0, 0.05) is 17.3 Å². The fraction of sp³-hybridized carbons (Fsp3) is 0.600. The van der Waals surface area contributed by atoms with Crippen LogP contribution >= 0.6 is 11.8 Å². The van der Waals surface area contributed by atoms with Crippen molar-refractivity contribution in [3.8, 4) is 0 Å². The number of hydrogen-bond donors (Lipinski definition) is 1. The van der Waals surface area contributed by atoms with E-state index >= 15 is 0 Å². The van der Waals surface area contributed by atoms with Crippen LogP contribution in [0.5, 0.6) is 0 Å². The quantitative estimate of drug-likeness (QED) is 0.850. The van der Waals surface area contributed by atoms with Gasteiger partial charge < -0.3 is 5.32 Å². The van der Waals surface area contributed by atoms with Crippen LogP contribution in [0.2, 0.25) is 0 Å². The molecule has 0 radical (unpaired) electrons. The fourth-order valence-electron chi connectivity index (χ4n) is 2.44. The van der Waals surface area contributed by atoms with Crippen LogP contribution in [0, 0.1) is 0 Å². The number of nitrogens with one attached hydrogen (secondary N) is 1. The van der Waals surface area contributed by atoms with Crippen molar-refractivity contribution in [3.05, 3.63) is 35.4 Å². The highest BCUT2D eigenvalue weighted by molar-refractivity contribution is 8.00. The van der Waals surface area contributed by atoms with Crippen LogP contribution in [0.25, 0.3) is 0 Å². The second-order valence-electron chi connectivity index (χ2n) is 5.46. The molecule has 1 aliphatic rings. The minimum absolute atomic E-state index is 0.0712. The van der Waals surface area contributed by atoms with Crippen molar-refractivity contribution in [3.63, 3.8) is 0 Å². The molecule has 1 fully saturated rings. The summed E-state index contributed by atoms with van der Waals surface area (Å²) in [6, 6.07) is 5.50. The molecule has 1 unspecified atom stereocenters. The molecule has 0 heterocycles. The molecule has 1 N–H and O–H groups in total. The molecule has 1 aromatic carbocycles. The highest BCUT2D eigenvalue weighted by atomic mass is 32.2. The lowest BCUT2D eigenvalue weighted by Gasteiger charge is -2.41. The van der Waals surface area contributed by atoms with Crippen molar-refractivity contribution in [2.24, 2.45) is 0 Å². The number of hydrogen-bond acceptors (Lipinski definition) is 2. The maximum absolute atomic E-state index is 12.5. The van der Waals surface area contributed by atoms with E-state index in [0.717, 1.165) is 24.2 Å². The maximum atomic E-state index is 12.5. The van der Waals surface area contributed by atoms with Crippen molar-refractivity contribution in [2.75, 3.05) is 12.8 Å². The van der Waals surface area contributed by atoms with Crippen LogP contribution in [0.15, 0.2) is 24.3 Å². The van der Waals surface area contributed by atoms with Crippen LogP contribution in [-0.4, -0.2) is 17.5 Å². The Kier molecular flexibility index (Phi) is 4.69. The number of thioether (sulfide) groups is 1. The third kappa shape index (κ3) is 3.50. The standard InChI is InChI=1S/C15H20F3NS/c1-11(19-10-14(20-2)8-3-9-14)12-4-6-13(7-5-12)15(16,17)18/h4-7,11,19H,3,8-10H2,1-2H3. The Bertz CT molecular complexity index is 432. The molecule has 1 atom stereocenters. The van der Waals surface area contributed by atoms with Gasteiger partial charge in [0.1, 0.15) is 0 Å². The molecule has 1 saturated carbocycles. The van der Waals surface area contributed by atoms with Gasteiger partial charge in [-0.15, -0.1) is 0 Å². The Labute approximate surface area is 122 Å². The first-order valence-corrected chi connectivity index (χ1v) is 8.04. The molecule has 0 spiro atoms. The van der Waals surface area contributed by atoms with Gasteiger partial charge in [-0.05, 0) is 43.7 Å². The van der Waals surface area contributed by atoms with Crippen LogP contribution in [0.4, 0.5) is 13.2 Å². The van der Waals surface area contributed by atoms with Gasteiger partial charge in [0.15, 0.2) is 0 Å². The van der Waals surface area contributed by atoms with Crippen molar-refractivity contribution >= 4 is 11.8 Å². The van der Waals surface area contributed by atoms with Gasteiger partial charge in [-0.25, -0.2) is 0 Å². The van der Waals surface area contributed by atoms with E-state index in [1.165, 1.54) is 19.3 Å². The smallest absolute Gasteiger partial charge is 0.309 e. The molecule has 112 valence electrons. The number of halogens is 3. The van der Waals surface area contributed by atoms with E-state index in [9.17, 15) is 13.2 Å². The molecular weight excluding hydrogens is 283 g/mol. The SMILES string of the molecule is CSC1(CNC(C)c2ccc(C(F)(F)F)cc2)CCC1. The Morgan fingerprint density at radius 3 is 2.25 bits per heavy atom.